The summed E-state index contributed by atoms with van der Waals surface area (Å²) >= 11 is 1.77. The Labute approximate surface area is 168 Å². The highest BCUT2D eigenvalue weighted by Gasteiger charge is 2.73. The van der Waals surface area contributed by atoms with Crippen molar-refractivity contribution in [1.29, 1.82) is 0 Å². The van der Waals surface area contributed by atoms with Gasteiger partial charge in [0.05, 0.1) is 24.6 Å². The minimum Gasteiger partial charge on any atom is -0.497 e. The van der Waals surface area contributed by atoms with Gasteiger partial charge in [0.15, 0.2) is 0 Å². The SMILES string of the molecule is CCS[C@@]12c3ccccc3[C@@H]([C@H]3C(=O)N(c4ccc(OC)cc4)C(=O)[C@@H]31)N2C. The summed E-state index contributed by atoms with van der Waals surface area (Å²) in [5, 5.41) is 0. The zero-order chi connectivity index (χ0) is 19.6. The molecule has 3 aliphatic heterocycles. The molecule has 0 unspecified atom stereocenters. The van der Waals surface area contributed by atoms with E-state index in [1.54, 1.807) is 43.1 Å². The van der Waals surface area contributed by atoms with Gasteiger partial charge in [0.25, 0.3) is 0 Å². The van der Waals surface area contributed by atoms with Crippen molar-refractivity contribution in [2.45, 2.75) is 17.8 Å². The highest BCUT2D eigenvalue weighted by atomic mass is 32.2. The summed E-state index contributed by atoms with van der Waals surface area (Å²) in [5.41, 5.74) is 2.99. The minimum absolute atomic E-state index is 0.0556. The topological polar surface area (TPSA) is 49.9 Å². The van der Waals surface area contributed by atoms with E-state index < -0.39 is 4.87 Å². The van der Waals surface area contributed by atoms with E-state index in [2.05, 4.69) is 31.0 Å². The van der Waals surface area contributed by atoms with Crippen molar-refractivity contribution in [1.82, 2.24) is 4.90 Å². The van der Waals surface area contributed by atoms with Crippen LogP contribution in [0.5, 0.6) is 5.75 Å². The fourth-order valence-corrected chi connectivity index (χ4v) is 6.93. The lowest BCUT2D eigenvalue weighted by molar-refractivity contribution is -0.124. The number of carbonyl (C=O) groups excluding carboxylic acids is 2. The van der Waals surface area contributed by atoms with Crippen molar-refractivity contribution in [3.63, 3.8) is 0 Å². The number of fused-ring (bicyclic) bond motifs is 8. The number of imide groups is 1. The van der Waals surface area contributed by atoms with E-state index in [0.717, 1.165) is 5.75 Å². The quantitative estimate of drug-likeness (QED) is 0.744. The van der Waals surface area contributed by atoms with Crippen molar-refractivity contribution in [2.75, 3.05) is 24.8 Å². The van der Waals surface area contributed by atoms with E-state index in [-0.39, 0.29) is 29.7 Å². The Bertz CT molecular complexity index is 976. The Kier molecular flexibility index (Phi) is 3.87. The zero-order valence-electron chi connectivity index (χ0n) is 16.1. The molecular formula is C22H22N2O3S. The average molecular weight is 394 g/mol. The molecule has 2 aromatic rings. The molecule has 5 rings (SSSR count). The summed E-state index contributed by atoms with van der Waals surface area (Å²) in [4.78, 5) is 30.3. The van der Waals surface area contributed by atoms with Crippen LogP contribution in [0.15, 0.2) is 48.5 Å². The molecule has 3 aliphatic rings. The van der Waals surface area contributed by atoms with Gasteiger partial charge in [-0.25, -0.2) is 4.90 Å². The summed E-state index contributed by atoms with van der Waals surface area (Å²) in [6, 6.07) is 15.4. The second-order valence-electron chi connectivity index (χ2n) is 7.49. The van der Waals surface area contributed by atoms with Gasteiger partial charge in [0.1, 0.15) is 10.6 Å². The molecule has 2 fully saturated rings. The van der Waals surface area contributed by atoms with E-state index in [0.29, 0.717) is 11.4 Å². The van der Waals surface area contributed by atoms with Crippen LogP contribution in [0.25, 0.3) is 0 Å². The second-order valence-corrected chi connectivity index (χ2v) is 8.97. The predicted molar refractivity (Wildman–Crippen MR) is 109 cm³/mol. The first-order valence-electron chi connectivity index (χ1n) is 9.54. The number of hydrogen-bond donors (Lipinski definition) is 0. The molecule has 0 saturated carbocycles. The van der Waals surface area contributed by atoms with Crippen molar-refractivity contribution in [3.8, 4) is 5.75 Å². The summed E-state index contributed by atoms with van der Waals surface area (Å²) in [7, 11) is 3.66. The Hall–Kier alpha value is -2.31. The van der Waals surface area contributed by atoms with Crippen molar-refractivity contribution in [3.05, 3.63) is 59.7 Å². The van der Waals surface area contributed by atoms with Crippen LogP contribution in [0, 0.1) is 11.8 Å². The number of amides is 2. The van der Waals surface area contributed by atoms with E-state index in [9.17, 15) is 9.59 Å². The lowest BCUT2D eigenvalue weighted by Gasteiger charge is -2.37. The van der Waals surface area contributed by atoms with Crippen molar-refractivity contribution >= 4 is 29.3 Å². The number of nitrogens with zero attached hydrogens (tertiary/aromatic N) is 2. The smallest absolute Gasteiger partial charge is 0.240 e. The molecule has 144 valence electrons. The zero-order valence-corrected chi connectivity index (χ0v) is 16.9. The number of benzene rings is 2. The summed E-state index contributed by atoms with van der Waals surface area (Å²) in [6.07, 6.45) is 0. The van der Waals surface area contributed by atoms with Crippen LogP contribution in [-0.2, 0) is 14.5 Å². The molecule has 2 aromatic carbocycles. The molecule has 3 heterocycles. The van der Waals surface area contributed by atoms with Crippen LogP contribution < -0.4 is 9.64 Å². The number of rotatable bonds is 4. The van der Waals surface area contributed by atoms with E-state index in [1.165, 1.54) is 16.0 Å². The maximum atomic E-state index is 13.6. The molecule has 0 N–H and O–H groups in total. The fraction of sp³-hybridized carbons (Fsp3) is 0.364. The molecule has 0 aliphatic carbocycles. The Balaban J connectivity index is 1.64. The number of carbonyl (C=O) groups is 2. The number of anilines is 1. The minimum atomic E-state index is -0.478. The lowest BCUT2D eigenvalue weighted by Crippen LogP contribution is -2.43. The first kappa shape index (κ1) is 17.8. The van der Waals surface area contributed by atoms with Gasteiger partial charge in [-0.05, 0) is 48.2 Å². The first-order chi connectivity index (χ1) is 13.6. The Morgan fingerprint density at radius 3 is 2.46 bits per heavy atom. The normalized spacial score (nSPS) is 30.7. The molecule has 4 atom stereocenters. The van der Waals surface area contributed by atoms with Crippen LogP contribution in [0.4, 0.5) is 5.69 Å². The van der Waals surface area contributed by atoms with Crippen LogP contribution in [-0.4, -0.2) is 36.6 Å². The fourth-order valence-electron chi connectivity index (χ4n) is 5.40. The van der Waals surface area contributed by atoms with Gasteiger partial charge in [-0.15, -0.1) is 11.8 Å². The predicted octanol–water partition coefficient (Wildman–Crippen LogP) is 3.41. The monoisotopic (exact) mass is 394 g/mol. The standard InChI is InChI=1S/C22H22N2O3S/c1-4-28-22-16-8-6-5-7-15(16)19(23(22)2)17-18(22)21(26)24(20(17)25)13-9-11-14(27-3)12-10-13/h5-12,17-19H,4H2,1-3H3/t17-,18+,19-,22-/m0/s1. The van der Waals surface area contributed by atoms with Gasteiger partial charge in [0, 0.05) is 6.04 Å². The molecule has 2 bridgehead atoms. The van der Waals surface area contributed by atoms with E-state index >= 15 is 0 Å². The van der Waals surface area contributed by atoms with Gasteiger partial charge in [-0.1, -0.05) is 31.2 Å². The van der Waals surface area contributed by atoms with Gasteiger partial charge in [-0.3, -0.25) is 14.5 Å². The molecular weight excluding hydrogens is 372 g/mol. The van der Waals surface area contributed by atoms with Crippen LogP contribution >= 0.6 is 11.8 Å². The summed E-state index contributed by atoms with van der Waals surface area (Å²) in [5.74, 6) is 0.687. The summed E-state index contributed by atoms with van der Waals surface area (Å²) in [6.45, 7) is 2.11. The third kappa shape index (κ3) is 1.97. The van der Waals surface area contributed by atoms with Gasteiger partial charge < -0.3 is 4.74 Å². The number of methoxy groups -OCH3 is 1. The maximum absolute atomic E-state index is 13.6. The number of hydrogen-bond acceptors (Lipinski definition) is 5. The molecule has 5 nitrogen and oxygen atoms in total. The summed E-state index contributed by atoms with van der Waals surface area (Å²) < 4.78 is 5.21. The molecule has 6 heteroatoms. The van der Waals surface area contributed by atoms with Gasteiger partial charge >= 0.3 is 0 Å². The molecule has 0 radical (unpaired) electrons. The molecule has 28 heavy (non-hydrogen) atoms. The maximum Gasteiger partial charge on any atom is 0.240 e. The number of ether oxygens (including phenoxy) is 1. The van der Waals surface area contributed by atoms with E-state index in [4.69, 9.17) is 4.74 Å². The Morgan fingerprint density at radius 1 is 1.07 bits per heavy atom. The first-order valence-corrected chi connectivity index (χ1v) is 10.5. The molecule has 0 spiro atoms. The number of thioether (sulfide) groups is 1. The third-order valence-electron chi connectivity index (χ3n) is 6.41. The molecule has 2 amide bonds. The highest BCUT2D eigenvalue weighted by molar-refractivity contribution is 8.00. The average Bonchev–Trinajstić information content (AvgIpc) is 3.23. The van der Waals surface area contributed by atoms with Crippen LogP contribution in [0.1, 0.15) is 24.1 Å². The lowest BCUT2D eigenvalue weighted by atomic mass is 9.77. The highest BCUT2D eigenvalue weighted by Crippen LogP contribution is 2.68. The largest absolute Gasteiger partial charge is 0.497 e. The second kappa shape index (κ2) is 6.09. The molecule has 0 aromatic heterocycles. The van der Waals surface area contributed by atoms with Gasteiger partial charge in [-0.2, -0.15) is 0 Å². The van der Waals surface area contributed by atoms with Crippen molar-refractivity contribution in [2.24, 2.45) is 11.8 Å². The molecule has 2 saturated heterocycles. The Morgan fingerprint density at radius 2 is 1.79 bits per heavy atom. The third-order valence-corrected chi connectivity index (χ3v) is 7.91. The van der Waals surface area contributed by atoms with Crippen LogP contribution in [0.2, 0.25) is 0 Å². The van der Waals surface area contributed by atoms with Crippen LogP contribution in [0.3, 0.4) is 0 Å². The van der Waals surface area contributed by atoms with Crippen molar-refractivity contribution < 1.29 is 14.3 Å². The van der Waals surface area contributed by atoms with Gasteiger partial charge in [0.2, 0.25) is 11.8 Å². The van der Waals surface area contributed by atoms with E-state index in [1.807, 2.05) is 12.1 Å².